The molecule has 1 fully saturated rings. The van der Waals surface area contributed by atoms with Gasteiger partial charge < -0.3 is 0 Å². The van der Waals surface area contributed by atoms with Gasteiger partial charge in [-0.2, -0.15) is 9.61 Å². The molecule has 80 valence electrons. The van der Waals surface area contributed by atoms with Crippen LogP contribution in [0.2, 0.25) is 0 Å². The molecule has 0 amide bonds. The fourth-order valence-corrected chi connectivity index (χ4v) is 2.41. The summed E-state index contributed by atoms with van der Waals surface area (Å²) in [5, 5.41) is 4.62. The highest BCUT2D eigenvalue weighted by atomic mass is 79.9. The molecular weight excluding hydrogens is 256 g/mol. The zero-order valence-corrected chi connectivity index (χ0v) is 10.5. The van der Waals surface area contributed by atoms with Crippen LogP contribution in [0.4, 0.5) is 0 Å². The normalized spacial score (nSPS) is 17.3. The third-order valence-corrected chi connectivity index (χ3v) is 4.17. The smallest absolute Gasteiger partial charge is 0.233 e. The molecule has 1 aliphatic carbocycles. The minimum Gasteiger partial charge on any atom is -0.300 e. The van der Waals surface area contributed by atoms with E-state index in [4.69, 9.17) is 0 Å². The predicted octanol–water partition coefficient (Wildman–Crippen LogP) is 2.41. The lowest BCUT2D eigenvalue weighted by Crippen LogP contribution is -2.14. The summed E-state index contributed by atoms with van der Waals surface area (Å²) < 4.78 is 4.98. The van der Waals surface area contributed by atoms with Crippen molar-refractivity contribution in [2.24, 2.45) is 7.05 Å². The van der Waals surface area contributed by atoms with E-state index < -0.39 is 0 Å². The van der Waals surface area contributed by atoms with E-state index in [1.54, 1.807) is 0 Å². The van der Waals surface area contributed by atoms with E-state index >= 15 is 0 Å². The van der Waals surface area contributed by atoms with Crippen LogP contribution in [0.3, 0.4) is 0 Å². The van der Waals surface area contributed by atoms with Crippen molar-refractivity contribution < 1.29 is 0 Å². The topological polar surface area (TPSA) is 35.1 Å². The van der Waals surface area contributed by atoms with E-state index in [1.165, 1.54) is 25.1 Å². The van der Waals surface area contributed by atoms with Crippen molar-refractivity contribution >= 4 is 21.7 Å². The summed E-state index contributed by atoms with van der Waals surface area (Å²) in [7, 11) is 2.05. The van der Waals surface area contributed by atoms with Crippen molar-refractivity contribution in [3.05, 3.63) is 16.1 Å². The molecular formula is C10H13BrN4. The molecule has 5 heteroatoms. The van der Waals surface area contributed by atoms with Gasteiger partial charge in [0.2, 0.25) is 5.78 Å². The maximum Gasteiger partial charge on any atom is 0.233 e. The van der Waals surface area contributed by atoms with E-state index in [0.29, 0.717) is 5.92 Å². The van der Waals surface area contributed by atoms with Gasteiger partial charge in [0.1, 0.15) is 10.4 Å². The molecule has 0 aliphatic heterocycles. The number of hydrogen-bond donors (Lipinski definition) is 0. The summed E-state index contributed by atoms with van der Waals surface area (Å²) in [5.41, 5.74) is 0.994. The number of aromatic nitrogens is 4. The number of halogens is 1. The highest BCUT2D eigenvalue weighted by Gasteiger charge is 2.26. The van der Waals surface area contributed by atoms with E-state index in [9.17, 15) is 0 Å². The summed E-state index contributed by atoms with van der Waals surface area (Å²) in [6, 6.07) is 0. The molecule has 1 aliphatic rings. The number of aryl methyl sites for hydroxylation is 2. The fourth-order valence-electron chi connectivity index (χ4n) is 2.08. The molecule has 0 saturated heterocycles. The first-order valence-corrected chi connectivity index (χ1v) is 6.05. The maximum atomic E-state index is 4.62. The molecule has 0 spiro atoms. The van der Waals surface area contributed by atoms with E-state index in [1.807, 2.05) is 11.4 Å². The van der Waals surface area contributed by atoms with Gasteiger partial charge in [0.05, 0.1) is 5.69 Å². The maximum absolute atomic E-state index is 4.62. The van der Waals surface area contributed by atoms with Crippen LogP contribution in [0.25, 0.3) is 5.78 Å². The van der Waals surface area contributed by atoms with Crippen molar-refractivity contribution in [1.82, 2.24) is 19.2 Å². The standard InChI is InChI=1S/C10H13BrN4/c1-6-8(11)15-10(12-6)14(2)9(13-15)7-4-3-5-7/h7H,3-5H2,1-2H3. The number of hydrogen-bond acceptors (Lipinski definition) is 2. The molecule has 2 aromatic heterocycles. The highest BCUT2D eigenvalue weighted by molar-refractivity contribution is 9.10. The van der Waals surface area contributed by atoms with Crippen LogP contribution in [0.5, 0.6) is 0 Å². The predicted molar refractivity (Wildman–Crippen MR) is 61.0 cm³/mol. The summed E-state index contributed by atoms with van der Waals surface area (Å²) in [4.78, 5) is 4.49. The molecule has 2 heterocycles. The molecule has 0 unspecified atom stereocenters. The Bertz CT molecular complexity index is 521. The van der Waals surface area contributed by atoms with Crippen molar-refractivity contribution in [3.63, 3.8) is 0 Å². The van der Waals surface area contributed by atoms with Crippen molar-refractivity contribution in [2.75, 3.05) is 0 Å². The summed E-state index contributed by atoms with van der Waals surface area (Å²) >= 11 is 3.51. The van der Waals surface area contributed by atoms with Gasteiger partial charge >= 0.3 is 0 Å². The third-order valence-electron chi connectivity index (χ3n) is 3.26. The van der Waals surface area contributed by atoms with Gasteiger partial charge in [-0.1, -0.05) is 6.42 Å². The average molecular weight is 269 g/mol. The molecule has 3 rings (SSSR count). The van der Waals surface area contributed by atoms with Crippen LogP contribution in [-0.4, -0.2) is 19.2 Å². The number of fused-ring (bicyclic) bond motifs is 1. The second kappa shape index (κ2) is 3.07. The van der Waals surface area contributed by atoms with Crippen LogP contribution in [0, 0.1) is 6.92 Å². The van der Waals surface area contributed by atoms with Gasteiger partial charge in [0.25, 0.3) is 0 Å². The van der Waals surface area contributed by atoms with Gasteiger partial charge in [-0.3, -0.25) is 4.57 Å². The minimum absolute atomic E-state index is 0.643. The SMILES string of the molecule is Cc1nc2n(C)c(C3CCC3)nn2c1Br. The van der Waals surface area contributed by atoms with Crippen molar-refractivity contribution in [3.8, 4) is 0 Å². The zero-order chi connectivity index (χ0) is 10.6. The summed E-state index contributed by atoms with van der Waals surface area (Å²) in [6.45, 7) is 1.99. The monoisotopic (exact) mass is 268 g/mol. The molecule has 0 bridgehead atoms. The lowest BCUT2D eigenvalue weighted by Gasteiger charge is -2.23. The molecule has 0 aromatic carbocycles. The lowest BCUT2D eigenvalue weighted by atomic mass is 9.85. The molecule has 0 radical (unpaired) electrons. The minimum atomic E-state index is 0.643. The Morgan fingerprint density at radius 3 is 2.67 bits per heavy atom. The Morgan fingerprint density at radius 2 is 2.13 bits per heavy atom. The van der Waals surface area contributed by atoms with Crippen LogP contribution in [0.1, 0.15) is 36.7 Å². The number of rotatable bonds is 1. The molecule has 0 atom stereocenters. The van der Waals surface area contributed by atoms with Crippen LogP contribution < -0.4 is 0 Å². The number of nitrogens with zero attached hydrogens (tertiary/aromatic N) is 4. The molecule has 4 nitrogen and oxygen atoms in total. The third kappa shape index (κ3) is 1.19. The second-order valence-corrected chi connectivity index (χ2v) is 5.00. The van der Waals surface area contributed by atoms with Crippen molar-refractivity contribution in [2.45, 2.75) is 32.1 Å². The quantitative estimate of drug-likeness (QED) is 0.796. The Kier molecular flexibility index (Phi) is 1.92. The highest BCUT2D eigenvalue weighted by Crippen LogP contribution is 2.36. The Labute approximate surface area is 96.4 Å². The second-order valence-electron chi connectivity index (χ2n) is 4.24. The molecule has 2 aromatic rings. The van der Waals surface area contributed by atoms with Crippen LogP contribution in [0.15, 0.2) is 4.60 Å². The first kappa shape index (κ1) is 9.39. The van der Waals surface area contributed by atoms with E-state index in [-0.39, 0.29) is 0 Å². The summed E-state index contributed by atoms with van der Waals surface area (Å²) in [5.74, 6) is 2.75. The van der Waals surface area contributed by atoms with E-state index in [0.717, 1.165) is 16.1 Å². The van der Waals surface area contributed by atoms with Gasteiger partial charge in [0, 0.05) is 13.0 Å². The average Bonchev–Trinajstić information content (AvgIpc) is 2.55. The molecule has 1 saturated carbocycles. The van der Waals surface area contributed by atoms with Gasteiger partial charge in [0.15, 0.2) is 0 Å². The van der Waals surface area contributed by atoms with Gasteiger partial charge in [-0.25, -0.2) is 4.98 Å². The van der Waals surface area contributed by atoms with Gasteiger partial charge in [-0.05, 0) is 35.7 Å². The molecule has 0 N–H and O–H groups in total. The zero-order valence-electron chi connectivity index (χ0n) is 8.87. The van der Waals surface area contributed by atoms with Gasteiger partial charge in [-0.15, -0.1) is 0 Å². The fraction of sp³-hybridized carbons (Fsp3) is 0.600. The summed E-state index contributed by atoms with van der Waals surface area (Å²) in [6.07, 6.45) is 3.87. The van der Waals surface area contributed by atoms with E-state index in [2.05, 4.69) is 37.6 Å². The largest absolute Gasteiger partial charge is 0.300 e. The first-order valence-electron chi connectivity index (χ1n) is 5.26. The lowest BCUT2D eigenvalue weighted by molar-refractivity contribution is 0.392. The van der Waals surface area contributed by atoms with Crippen LogP contribution >= 0.6 is 15.9 Å². The Balaban J connectivity index is 2.21. The molecule has 15 heavy (non-hydrogen) atoms. The number of imidazole rings is 1. The first-order chi connectivity index (χ1) is 7.18. The Hall–Kier alpha value is -0.840. The van der Waals surface area contributed by atoms with Crippen molar-refractivity contribution in [1.29, 1.82) is 0 Å². The van der Waals surface area contributed by atoms with Crippen LogP contribution in [-0.2, 0) is 7.05 Å². The Morgan fingerprint density at radius 1 is 1.40 bits per heavy atom.